The summed E-state index contributed by atoms with van der Waals surface area (Å²) in [6.45, 7) is 2.95. The number of likely N-dealkylation sites (tertiary alicyclic amines) is 1. The van der Waals surface area contributed by atoms with Crippen molar-refractivity contribution >= 4 is 23.3 Å². The van der Waals surface area contributed by atoms with Crippen LogP contribution in [-0.2, 0) is 6.54 Å². The number of nitrogens with zero attached hydrogens (tertiary/aromatic N) is 2. The highest BCUT2D eigenvalue weighted by atomic mass is 35.5. The van der Waals surface area contributed by atoms with E-state index >= 15 is 0 Å². The van der Waals surface area contributed by atoms with Crippen molar-refractivity contribution in [3.8, 4) is 0 Å². The molecule has 19 heavy (non-hydrogen) atoms. The zero-order chi connectivity index (χ0) is 12.4. The Balaban J connectivity index is 0.00000133. The van der Waals surface area contributed by atoms with E-state index in [2.05, 4.69) is 34.1 Å². The highest BCUT2D eigenvalue weighted by Crippen LogP contribution is 2.21. The van der Waals surface area contributed by atoms with Crippen LogP contribution < -0.4 is 5.73 Å². The van der Waals surface area contributed by atoms with Crippen molar-refractivity contribution in [1.82, 2.24) is 9.88 Å². The number of nitrogens with two attached hydrogens (primary N) is 1. The first kappa shape index (κ1) is 14.3. The van der Waals surface area contributed by atoms with Gasteiger partial charge in [-0.25, -0.2) is 0 Å². The average Bonchev–Trinajstić information content (AvgIpc) is 2.86. The molecule has 1 aromatic heterocycles. The molecule has 0 amide bonds. The van der Waals surface area contributed by atoms with Crippen LogP contribution in [0.5, 0.6) is 0 Å². The molecule has 0 spiro atoms. The summed E-state index contributed by atoms with van der Waals surface area (Å²) in [7, 11) is 0. The summed E-state index contributed by atoms with van der Waals surface area (Å²) in [5.41, 5.74) is 8.24. The van der Waals surface area contributed by atoms with Crippen molar-refractivity contribution in [1.29, 1.82) is 0 Å². The fourth-order valence-corrected chi connectivity index (χ4v) is 2.83. The van der Waals surface area contributed by atoms with E-state index in [1.165, 1.54) is 30.3 Å². The molecule has 2 N–H and O–H groups in total. The molecule has 2 aromatic rings. The van der Waals surface area contributed by atoms with Gasteiger partial charge in [-0.2, -0.15) is 0 Å². The maximum Gasteiger partial charge on any atom is 0.0702 e. The second-order valence-corrected chi connectivity index (χ2v) is 5.03. The minimum Gasteiger partial charge on any atom is -0.329 e. The zero-order valence-electron chi connectivity index (χ0n) is 11.0. The van der Waals surface area contributed by atoms with Crippen molar-refractivity contribution in [3.05, 3.63) is 42.1 Å². The van der Waals surface area contributed by atoms with Crippen LogP contribution in [0.1, 0.15) is 18.4 Å². The first-order valence-corrected chi connectivity index (χ1v) is 6.64. The normalized spacial score (nSPS) is 19.5. The fourth-order valence-electron chi connectivity index (χ4n) is 2.83. The summed E-state index contributed by atoms with van der Waals surface area (Å²) < 4.78 is 0. The Kier molecular flexibility index (Phi) is 4.75. The molecule has 0 radical (unpaired) electrons. The molecule has 1 aromatic carbocycles. The first-order chi connectivity index (χ1) is 8.86. The summed E-state index contributed by atoms with van der Waals surface area (Å²) in [4.78, 5) is 6.85. The van der Waals surface area contributed by atoms with Crippen LogP contribution in [0.25, 0.3) is 10.9 Å². The topological polar surface area (TPSA) is 42.1 Å². The van der Waals surface area contributed by atoms with E-state index in [1.54, 1.807) is 0 Å². The Morgan fingerprint density at radius 3 is 3.05 bits per heavy atom. The minimum absolute atomic E-state index is 0. The van der Waals surface area contributed by atoms with Crippen molar-refractivity contribution in [2.24, 2.45) is 5.73 Å². The Bertz CT molecular complexity index is 544. The summed E-state index contributed by atoms with van der Waals surface area (Å²) in [6.07, 6.45) is 4.36. The molecule has 1 aliphatic heterocycles. The summed E-state index contributed by atoms with van der Waals surface area (Å²) in [6, 6.07) is 11.2. The van der Waals surface area contributed by atoms with E-state index in [4.69, 9.17) is 5.73 Å². The monoisotopic (exact) mass is 277 g/mol. The Hall–Kier alpha value is -1.16. The molecular weight excluding hydrogens is 258 g/mol. The molecule has 3 rings (SSSR count). The van der Waals surface area contributed by atoms with Crippen molar-refractivity contribution in [3.63, 3.8) is 0 Å². The molecule has 1 unspecified atom stereocenters. The van der Waals surface area contributed by atoms with Crippen molar-refractivity contribution in [2.45, 2.75) is 25.4 Å². The predicted octanol–water partition coefficient (Wildman–Crippen LogP) is 2.58. The van der Waals surface area contributed by atoms with Gasteiger partial charge in [-0.3, -0.25) is 9.88 Å². The number of benzene rings is 1. The van der Waals surface area contributed by atoms with E-state index in [1.807, 2.05) is 12.3 Å². The van der Waals surface area contributed by atoms with Gasteiger partial charge >= 0.3 is 0 Å². The van der Waals surface area contributed by atoms with Crippen molar-refractivity contribution < 1.29 is 0 Å². The first-order valence-electron chi connectivity index (χ1n) is 6.64. The van der Waals surface area contributed by atoms with Gasteiger partial charge in [0.2, 0.25) is 0 Å². The van der Waals surface area contributed by atoms with Crippen LogP contribution in [-0.4, -0.2) is 29.0 Å². The minimum atomic E-state index is 0. The lowest BCUT2D eigenvalue weighted by atomic mass is 10.1. The lowest BCUT2D eigenvalue weighted by Gasteiger charge is -2.23. The van der Waals surface area contributed by atoms with Gasteiger partial charge in [-0.05, 0) is 43.1 Å². The van der Waals surface area contributed by atoms with Crippen LogP contribution in [0.15, 0.2) is 36.5 Å². The van der Waals surface area contributed by atoms with Gasteiger partial charge in [0.25, 0.3) is 0 Å². The number of halogens is 1. The summed E-state index contributed by atoms with van der Waals surface area (Å²) in [5.74, 6) is 0. The third-order valence-electron chi connectivity index (χ3n) is 3.82. The molecule has 102 valence electrons. The number of pyridine rings is 1. The maximum atomic E-state index is 5.82. The van der Waals surface area contributed by atoms with Crippen LogP contribution in [0.4, 0.5) is 0 Å². The Morgan fingerprint density at radius 2 is 2.21 bits per heavy atom. The van der Waals surface area contributed by atoms with Gasteiger partial charge in [-0.1, -0.05) is 12.1 Å². The second-order valence-electron chi connectivity index (χ2n) is 5.03. The molecule has 1 saturated heterocycles. The summed E-state index contributed by atoms with van der Waals surface area (Å²) >= 11 is 0. The van der Waals surface area contributed by atoms with Gasteiger partial charge in [0, 0.05) is 30.7 Å². The smallest absolute Gasteiger partial charge is 0.0702 e. The van der Waals surface area contributed by atoms with Gasteiger partial charge in [-0.15, -0.1) is 12.4 Å². The van der Waals surface area contributed by atoms with Gasteiger partial charge in [0.05, 0.1) is 5.52 Å². The Morgan fingerprint density at radius 1 is 1.32 bits per heavy atom. The fraction of sp³-hybridized carbons (Fsp3) is 0.400. The SMILES string of the molecule is Cl.NCC1CCCN1Cc1ccc2ncccc2c1. The zero-order valence-corrected chi connectivity index (χ0v) is 11.8. The molecule has 4 heteroatoms. The predicted molar refractivity (Wildman–Crippen MR) is 81.5 cm³/mol. The lowest BCUT2D eigenvalue weighted by molar-refractivity contribution is 0.250. The van der Waals surface area contributed by atoms with E-state index in [-0.39, 0.29) is 12.4 Å². The van der Waals surface area contributed by atoms with Crippen LogP contribution in [0.3, 0.4) is 0 Å². The van der Waals surface area contributed by atoms with E-state index in [0.29, 0.717) is 6.04 Å². The highest BCUT2D eigenvalue weighted by molar-refractivity contribution is 5.85. The molecule has 0 aliphatic carbocycles. The number of rotatable bonds is 3. The molecular formula is C15H20ClN3. The molecule has 3 nitrogen and oxygen atoms in total. The maximum absolute atomic E-state index is 5.82. The van der Waals surface area contributed by atoms with Crippen LogP contribution in [0.2, 0.25) is 0 Å². The number of aromatic nitrogens is 1. The number of hydrogen-bond acceptors (Lipinski definition) is 3. The van der Waals surface area contributed by atoms with Gasteiger partial charge in [0.15, 0.2) is 0 Å². The van der Waals surface area contributed by atoms with Crippen LogP contribution in [0, 0.1) is 0 Å². The summed E-state index contributed by atoms with van der Waals surface area (Å²) in [5, 5.41) is 1.22. The van der Waals surface area contributed by atoms with Crippen LogP contribution >= 0.6 is 12.4 Å². The Labute approximate surface area is 120 Å². The molecule has 0 bridgehead atoms. The van der Waals surface area contributed by atoms with Crippen molar-refractivity contribution in [2.75, 3.05) is 13.1 Å². The molecule has 1 aliphatic rings. The third-order valence-corrected chi connectivity index (χ3v) is 3.82. The molecule has 0 saturated carbocycles. The average molecular weight is 278 g/mol. The number of fused-ring (bicyclic) bond motifs is 1. The van der Waals surface area contributed by atoms with E-state index in [0.717, 1.165) is 18.6 Å². The second kappa shape index (κ2) is 6.33. The van der Waals surface area contributed by atoms with Gasteiger partial charge < -0.3 is 5.73 Å². The van der Waals surface area contributed by atoms with Gasteiger partial charge in [0.1, 0.15) is 0 Å². The third kappa shape index (κ3) is 3.06. The standard InChI is InChI=1S/C15H19N3.ClH/c16-10-14-4-2-8-18(14)11-12-5-6-15-13(9-12)3-1-7-17-15;/h1,3,5-7,9,14H,2,4,8,10-11,16H2;1H. The molecule has 2 heterocycles. The quantitative estimate of drug-likeness (QED) is 0.938. The van der Waals surface area contributed by atoms with E-state index in [9.17, 15) is 0 Å². The van der Waals surface area contributed by atoms with E-state index < -0.39 is 0 Å². The largest absolute Gasteiger partial charge is 0.329 e. The molecule has 1 atom stereocenters. The highest BCUT2D eigenvalue weighted by Gasteiger charge is 2.22. The number of hydrogen-bond donors (Lipinski definition) is 1. The lowest BCUT2D eigenvalue weighted by Crippen LogP contribution is -2.34. The molecule has 1 fully saturated rings.